The zero-order chi connectivity index (χ0) is 14.7. The second-order valence-electron chi connectivity index (χ2n) is 4.43. The summed E-state index contributed by atoms with van der Waals surface area (Å²) in [6, 6.07) is 6.06. The van der Waals surface area contributed by atoms with Crippen molar-refractivity contribution in [2.45, 2.75) is 20.4 Å². The van der Waals surface area contributed by atoms with Crippen molar-refractivity contribution >= 4 is 17.6 Å². The van der Waals surface area contributed by atoms with Crippen LogP contribution in [0.2, 0.25) is 5.02 Å². The van der Waals surface area contributed by atoms with E-state index in [-0.39, 0.29) is 11.8 Å². The lowest BCUT2D eigenvalue weighted by atomic mass is 10.2. The van der Waals surface area contributed by atoms with Gasteiger partial charge in [0.05, 0.1) is 6.61 Å². The monoisotopic (exact) mass is 295 g/mol. The number of hydrogen-bond donors (Lipinski definition) is 0. The fraction of sp³-hybridized carbons (Fsp3) is 0.267. The van der Waals surface area contributed by atoms with Gasteiger partial charge in [-0.1, -0.05) is 17.7 Å². The number of ether oxygens (including phenoxy) is 1. The van der Waals surface area contributed by atoms with Gasteiger partial charge < -0.3 is 9.30 Å². The maximum Gasteiger partial charge on any atom is 0.355 e. The summed E-state index contributed by atoms with van der Waals surface area (Å²) in [4.78, 5) is 11.9. The lowest BCUT2D eigenvalue weighted by molar-refractivity contribution is 0.0513. The van der Waals surface area contributed by atoms with Crippen LogP contribution in [-0.2, 0) is 11.3 Å². The number of rotatable bonds is 4. The third-order valence-corrected chi connectivity index (χ3v) is 3.34. The number of carbonyl (C=O) groups excluding carboxylic acids is 1. The molecule has 1 aromatic heterocycles. The highest BCUT2D eigenvalue weighted by atomic mass is 35.5. The lowest BCUT2D eigenvalue weighted by Crippen LogP contribution is -2.14. The summed E-state index contributed by atoms with van der Waals surface area (Å²) >= 11 is 6.01. The number of esters is 1. The first-order valence-electron chi connectivity index (χ1n) is 6.29. The summed E-state index contributed by atoms with van der Waals surface area (Å²) < 4.78 is 19.8. The highest BCUT2D eigenvalue weighted by molar-refractivity contribution is 6.31. The molecule has 106 valence electrons. The average Bonchev–Trinajstić information content (AvgIpc) is 2.74. The van der Waals surface area contributed by atoms with Gasteiger partial charge in [0.15, 0.2) is 0 Å². The van der Waals surface area contributed by atoms with Crippen LogP contribution in [0, 0.1) is 12.7 Å². The predicted molar refractivity (Wildman–Crippen MR) is 75.6 cm³/mol. The SMILES string of the molecule is CCOC(=O)c1c(C)ccn1Cc1ccc(F)cc1Cl. The minimum Gasteiger partial charge on any atom is -0.461 e. The number of benzene rings is 1. The summed E-state index contributed by atoms with van der Waals surface area (Å²) in [5.41, 5.74) is 2.07. The summed E-state index contributed by atoms with van der Waals surface area (Å²) in [7, 11) is 0. The van der Waals surface area contributed by atoms with Crippen LogP contribution in [0.15, 0.2) is 30.5 Å². The summed E-state index contributed by atoms with van der Waals surface area (Å²) in [5.74, 6) is -0.749. The summed E-state index contributed by atoms with van der Waals surface area (Å²) in [6.07, 6.45) is 1.79. The van der Waals surface area contributed by atoms with Crippen molar-refractivity contribution in [3.8, 4) is 0 Å². The average molecular weight is 296 g/mol. The van der Waals surface area contributed by atoms with Gasteiger partial charge >= 0.3 is 5.97 Å². The molecular weight excluding hydrogens is 281 g/mol. The second-order valence-corrected chi connectivity index (χ2v) is 4.84. The number of aryl methyl sites for hydroxylation is 1. The first-order chi connectivity index (χ1) is 9.52. The molecule has 0 saturated heterocycles. The van der Waals surface area contributed by atoms with Crippen molar-refractivity contribution < 1.29 is 13.9 Å². The van der Waals surface area contributed by atoms with E-state index in [9.17, 15) is 9.18 Å². The molecule has 0 N–H and O–H groups in total. The van der Waals surface area contributed by atoms with E-state index < -0.39 is 0 Å². The smallest absolute Gasteiger partial charge is 0.355 e. The van der Waals surface area contributed by atoms with E-state index in [2.05, 4.69) is 0 Å². The van der Waals surface area contributed by atoms with Gasteiger partial charge in [0.1, 0.15) is 11.5 Å². The zero-order valence-corrected chi connectivity index (χ0v) is 12.1. The Hall–Kier alpha value is -1.81. The van der Waals surface area contributed by atoms with Crippen molar-refractivity contribution in [1.29, 1.82) is 0 Å². The molecule has 0 bridgehead atoms. The molecule has 0 unspecified atom stereocenters. The molecule has 2 rings (SSSR count). The Morgan fingerprint density at radius 3 is 2.80 bits per heavy atom. The van der Waals surface area contributed by atoms with E-state index in [1.165, 1.54) is 12.1 Å². The van der Waals surface area contributed by atoms with Gasteiger partial charge in [-0.05, 0) is 43.2 Å². The molecule has 0 spiro atoms. The van der Waals surface area contributed by atoms with E-state index in [4.69, 9.17) is 16.3 Å². The third kappa shape index (κ3) is 3.02. The topological polar surface area (TPSA) is 31.2 Å². The molecule has 0 atom stereocenters. The van der Waals surface area contributed by atoms with Crippen molar-refractivity contribution in [1.82, 2.24) is 4.57 Å². The minimum atomic E-state index is -0.381. The number of carbonyl (C=O) groups is 1. The standard InChI is InChI=1S/C15H15ClFNO2/c1-3-20-15(19)14-10(2)6-7-18(14)9-11-4-5-12(17)8-13(11)16/h4-8H,3,9H2,1-2H3. The van der Waals surface area contributed by atoms with Crippen molar-refractivity contribution in [3.05, 3.63) is 58.1 Å². The van der Waals surface area contributed by atoms with Gasteiger partial charge in [0, 0.05) is 17.8 Å². The Morgan fingerprint density at radius 2 is 2.15 bits per heavy atom. The van der Waals surface area contributed by atoms with Crippen molar-refractivity contribution in [2.24, 2.45) is 0 Å². The molecule has 0 aliphatic heterocycles. The zero-order valence-electron chi connectivity index (χ0n) is 11.3. The van der Waals surface area contributed by atoms with Crippen LogP contribution in [0.4, 0.5) is 4.39 Å². The second kappa shape index (κ2) is 6.09. The highest BCUT2D eigenvalue weighted by Gasteiger charge is 2.16. The Labute approximate surface area is 121 Å². The van der Waals surface area contributed by atoms with Crippen LogP contribution >= 0.6 is 11.6 Å². The Balaban J connectivity index is 2.32. The Morgan fingerprint density at radius 1 is 1.40 bits per heavy atom. The van der Waals surface area contributed by atoms with Crippen LogP contribution in [-0.4, -0.2) is 17.1 Å². The van der Waals surface area contributed by atoms with E-state index >= 15 is 0 Å². The molecule has 0 radical (unpaired) electrons. The molecule has 0 fully saturated rings. The molecular formula is C15H15ClFNO2. The molecule has 0 aliphatic carbocycles. The van der Waals surface area contributed by atoms with Gasteiger partial charge in [-0.2, -0.15) is 0 Å². The summed E-state index contributed by atoms with van der Waals surface area (Å²) in [5, 5.41) is 0.339. The molecule has 0 amide bonds. The molecule has 0 aliphatic rings. The maximum absolute atomic E-state index is 13.0. The molecule has 20 heavy (non-hydrogen) atoms. The van der Waals surface area contributed by atoms with Crippen molar-refractivity contribution in [3.63, 3.8) is 0 Å². The van der Waals surface area contributed by atoms with Crippen LogP contribution in [0.25, 0.3) is 0 Å². The van der Waals surface area contributed by atoms with E-state index in [0.717, 1.165) is 11.1 Å². The largest absolute Gasteiger partial charge is 0.461 e. The number of nitrogens with zero attached hydrogens (tertiary/aromatic N) is 1. The molecule has 1 aromatic carbocycles. The molecule has 2 aromatic rings. The van der Waals surface area contributed by atoms with E-state index in [1.54, 1.807) is 23.8 Å². The van der Waals surface area contributed by atoms with Gasteiger partial charge in [-0.25, -0.2) is 9.18 Å². The first kappa shape index (κ1) is 14.6. The van der Waals surface area contributed by atoms with Gasteiger partial charge in [-0.15, -0.1) is 0 Å². The van der Waals surface area contributed by atoms with Crippen LogP contribution < -0.4 is 0 Å². The molecule has 1 heterocycles. The van der Waals surface area contributed by atoms with Gasteiger partial charge in [0.2, 0.25) is 0 Å². The van der Waals surface area contributed by atoms with E-state index in [0.29, 0.717) is 23.9 Å². The third-order valence-electron chi connectivity index (χ3n) is 2.99. The molecule has 5 heteroatoms. The predicted octanol–water partition coefficient (Wildman–Crippen LogP) is 3.81. The quantitative estimate of drug-likeness (QED) is 0.803. The first-order valence-corrected chi connectivity index (χ1v) is 6.67. The van der Waals surface area contributed by atoms with Crippen LogP contribution in [0.1, 0.15) is 28.5 Å². The summed E-state index contributed by atoms with van der Waals surface area (Å²) in [6.45, 7) is 4.31. The minimum absolute atomic E-state index is 0.320. The Kier molecular flexibility index (Phi) is 4.45. The Bertz CT molecular complexity index is 637. The normalized spacial score (nSPS) is 10.6. The number of halogens is 2. The lowest BCUT2D eigenvalue weighted by Gasteiger charge is -2.11. The van der Waals surface area contributed by atoms with Crippen LogP contribution in [0.3, 0.4) is 0 Å². The van der Waals surface area contributed by atoms with Crippen LogP contribution in [0.5, 0.6) is 0 Å². The maximum atomic E-state index is 13.0. The van der Waals surface area contributed by atoms with Crippen molar-refractivity contribution in [2.75, 3.05) is 6.61 Å². The number of hydrogen-bond acceptors (Lipinski definition) is 2. The molecule has 3 nitrogen and oxygen atoms in total. The van der Waals surface area contributed by atoms with Gasteiger partial charge in [0.25, 0.3) is 0 Å². The fourth-order valence-electron chi connectivity index (χ4n) is 2.02. The van der Waals surface area contributed by atoms with Gasteiger partial charge in [-0.3, -0.25) is 0 Å². The highest BCUT2D eigenvalue weighted by Crippen LogP contribution is 2.20. The van der Waals surface area contributed by atoms with E-state index in [1.807, 2.05) is 13.0 Å². The fourth-order valence-corrected chi connectivity index (χ4v) is 2.25. The molecule has 0 saturated carbocycles. The number of aromatic nitrogens is 1.